The number of amides is 1. The molecule has 1 atom stereocenters. The smallest absolute Gasteiger partial charge is 0.280 e. The van der Waals surface area contributed by atoms with Crippen LogP contribution in [0, 0.1) is 5.13 Å². The van der Waals surface area contributed by atoms with E-state index in [1.807, 2.05) is 0 Å². The molecule has 2 aliphatic heterocycles. The second kappa shape index (κ2) is 8.96. The number of hydrogen-bond donors (Lipinski definition) is 2. The highest BCUT2D eigenvalue weighted by atomic mass is 32.2. The lowest BCUT2D eigenvalue weighted by Crippen LogP contribution is -2.53. The maximum atomic E-state index is 13.2. The molecule has 0 unspecified atom stereocenters. The molecule has 1 aromatic carbocycles. The molecule has 166 valence electrons. The van der Waals surface area contributed by atoms with Crippen molar-refractivity contribution in [3.05, 3.63) is 41.2 Å². The normalized spacial score (nSPS) is 20.5. The monoisotopic (exact) mass is 470 g/mol. The molecule has 13 heteroatoms. The van der Waals surface area contributed by atoms with Crippen molar-refractivity contribution in [2.75, 3.05) is 31.6 Å². The molecule has 2 saturated heterocycles. The summed E-state index contributed by atoms with van der Waals surface area (Å²) in [7, 11) is -3.73. The van der Waals surface area contributed by atoms with Gasteiger partial charge in [0.2, 0.25) is 10.0 Å². The number of sulfonamides is 1. The predicted molar refractivity (Wildman–Crippen MR) is 109 cm³/mol. The summed E-state index contributed by atoms with van der Waals surface area (Å²) in [4.78, 5) is 21.9. The third-order valence-electron chi connectivity index (χ3n) is 4.69. The van der Waals surface area contributed by atoms with Crippen LogP contribution >= 0.6 is 11.3 Å². The van der Waals surface area contributed by atoms with E-state index in [2.05, 4.69) is 15.5 Å². The number of aliphatic hydroxyl groups excluding tert-OH is 1. The Kier molecular flexibility index (Phi) is 6.29. The lowest BCUT2D eigenvalue weighted by Gasteiger charge is -2.34. The van der Waals surface area contributed by atoms with E-state index >= 15 is 0 Å². The van der Waals surface area contributed by atoms with Crippen molar-refractivity contribution < 1.29 is 32.3 Å². The summed E-state index contributed by atoms with van der Waals surface area (Å²) < 4.78 is 44.7. The molecule has 1 aromatic heterocycles. The number of aliphatic hydroxyl groups is 1. The number of carbonyl (C=O) groups is 1. The fraction of sp³-hybridized carbons (Fsp3) is 0.389. The van der Waals surface area contributed by atoms with Crippen LogP contribution in [0.5, 0.6) is 0 Å². The second-order valence-corrected chi connectivity index (χ2v) is 9.87. The highest BCUT2D eigenvalue weighted by Crippen LogP contribution is 2.23. The topological polar surface area (TPSA) is 130 Å². The van der Waals surface area contributed by atoms with E-state index in [9.17, 15) is 22.7 Å². The molecule has 2 fully saturated rings. The lowest BCUT2D eigenvalue weighted by molar-refractivity contribution is -0.110. The molecule has 31 heavy (non-hydrogen) atoms. The summed E-state index contributed by atoms with van der Waals surface area (Å²) >= 11 is 0.659. The number of thiazole rings is 1. The average Bonchev–Trinajstić information content (AvgIpc) is 3.38. The number of aromatic nitrogens is 1. The molecule has 2 N–H and O–H groups in total. The van der Waals surface area contributed by atoms with Crippen LogP contribution in [0.3, 0.4) is 0 Å². The van der Waals surface area contributed by atoms with Gasteiger partial charge in [-0.15, -0.1) is 0 Å². The van der Waals surface area contributed by atoms with Gasteiger partial charge >= 0.3 is 0 Å². The standard InChI is InChI=1S/C18H19FN4O6S2/c19-15-7-20-18(30-15)21-17(25)16(22-29-13-5-6-28-10-13)11-1-3-14(4-2-11)31(26,27)23-8-12(24)9-23/h1-4,7,12-13,24H,5-6,8-10H2,(H,20,21,25)/b22-16+/t13-/m1/s1. The minimum Gasteiger partial charge on any atom is -0.390 e. The van der Waals surface area contributed by atoms with E-state index in [-0.39, 0.29) is 34.9 Å². The van der Waals surface area contributed by atoms with Gasteiger partial charge in [-0.1, -0.05) is 28.6 Å². The number of hydrogen-bond acceptors (Lipinski definition) is 9. The Hall–Kier alpha value is -2.45. The van der Waals surface area contributed by atoms with Crippen LogP contribution in [0.1, 0.15) is 12.0 Å². The van der Waals surface area contributed by atoms with E-state index in [1.165, 1.54) is 24.3 Å². The minimum atomic E-state index is -3.73. The molecule has 0 radical (unpaired) electrons. The Bertz CT molecular complexity index is 1080. The zero-order valence-corrected chi connectivity index (χ0v) is 17.7. The van der Waals surface area contributed by atoms with Crippen molar-refractivity contribution in [1.29, 1.82) is 0 Å². The number of carbonyl (C=O) groups excluding carboxylic acids is 1. The van der Waals surface area contributed by atoms with Crippen molar-refractivity contribution in [3.63, 3.8) is 0 Å². The molecule has 10 nitrogen and oxygen atoms in total. The Morgan fingerprint density at radius 3 is 2.68 bits per heavy atom. The van der Waals surface area contributed by atoms with Gasteiger partial charge in [0.25, 0.3) is 5.91 Å². The SMILES string of the molecule is O=C(Nc1ncc(F)s1)/C(=N/O[C@@H]1CCOC1)c1ccc(S(=O)(=O)N2CC(O)C2)cc1. The summed E-state index contributed by atoms with van der Waals surface area (Å²) in [5.74, 6) is -0.685. The quantitative estimate of drug-likeness (QED) is 0.452. The molecule has 0 spiro atoms. The Morgan fingerprint density at radius 1 is 1.35 bits per heavy atom. The number of nitrogens with zero attached hydrogens (tertiary/aromatic N) is 3. The maximum absolute atomic E-state index is 13.2. The molecular formula is C18H19FN4O6S2. The van der Waals surface area contributed by atoms with Crippen LogP contribution in [0.15, 0.2) is 40.5 Å². The first-order chi connectivity index (χ1) is 14.8. The van der Waals surface area contributed by atoms with Crippen LogP contribution < -0.4 is 5.32 Å². The summed E-state index contributed by atoms with van der Waals surface area (Å²) in [6.45, 7) is 0.953. The first-order valence-corrected chi connectivity index (χ1v) is 11.6. The van der Waals surface area contributed by atoms with Gasteiger partial charge in [-0.3, -0.25) is 10.1 Å². The van der Waals surface area contributed by atoms with Crippen molar-refractivity contribution in [2.45, 2.75) is 23.5 Å². The van der Waals surface area contributed by atoms with E-state index < -0.39 is 27.2 Å². The average molecular weight is 471 g/mol. The van der Waals surface area contributed by atoms with Gasteiger partial charge in [-0.25, -0.2) is 13.4 Å². The molecule has 3 heterocycles. The van der Waals surface area contributed by atoms with Gasteiger partial charge in [0.1, 0.15) is 0 Å². The summed E-state index contributed by atoms with van der Waals surface area (Å²) in [5, 5.41) is 15.3. The highest BCUT2D eigenvalue weighted by Gasteiger charge is 2.35. The molecule has 2 aliphatic rings. The van der Waals surface area contributed by atoms with Crippen LogP contribution in [0.25, 0.3) is 0 Å². The molecule has 0 aliphatic carbocycles. The van der Waals surface area contributed by atoms with Gasteiger partial charge in [0, 0.05) is 25.1 Å². The molecule has 0 saturated carbocycles. The molecule has 2 aromatic rings. The lowest BCUT2D eigenvalue weighted by atomic mass is 10.1. The van der Waals surface area contributed by atoms with Gasteiger partial charge in [-0.2, -0.15) is 8.70 Å². The van der Waals surface area contributed by atoms with Crippen molar-refractivity contribution in [2.24, 2.45) is 5.16 Å². The maximum Gasteiger partial charge on any atom is 0.280 e. The fourth-order valence-corrected chi connectivity index (χ4v) is 5.02. The van der Waals surface area contributed by atoms with Crippen molar-refractivity contribution in [1.82, 2.24) is 9.29 Å². The summed E-state index contributed by atoms with van der Waals surface area (Å²) in [6.07, 6.45) is 0.631. The highest BCUT2D eigenvalue weighted by molar-refractivity contribution is 7.89. The Labute approximate surface area is 181 Å². The fourth-order valence-electron chi connectivity index (χ4n) is 2.96. The zero-order chi connectivity index (χ0) is 22.0. The van der Waals surface area contributed by atoms with Crippen LogP contribution in [-0.2, 0) is 24.4 Å². The molecule has 4 rings (SSSR count). The first-order valence-electron chi connectivity index (χ1n) is 9.36. The van der Waals surface area contributed by atoms with Crippen LogP contribution in [-0.4, -0.2) is 72.9 Å². The van der Waals surface area contributed by atoms with Gasteiger partial charge in [0.05, 0.1) is 30.4 Å². The third-order valence-corrected chi connectivity index (χ3v) is 7.24. The van der Waals surface area contributed by atoms with Crippen molar-refractivity contribution >= 4 is 38.1 Å². The van der Waals surface area contributed by atoms with Gasteiger partial charge in [-0.05, 0) is 12.1 Å². The number of β-amino-alcohol motifs (C(OH)–C–C–N with tert-alkyl or cyclic N) is 1. The number of nitrogens with one attached hydrogen (secondary N) is 1. The summed E-state index contributed by atoms with van der Waals surface area (Å²) in [6, 6.07) is 5.55. The Balaban J connectivity index is 1.56. The molecule has 0 bridgehead atoms. The molecule has 1 amide bonds. The van der Waals surface area contributed by atoms with E-state index in [4.69, 9.17) is 9.57 Å². The minimum absolute atomic E-state index is 0.0232. The number of benzene rings is 1. The molecular weight excluding hydrogens is 451 g/mol. The first kappa shape index (κ1) is 21.8. The largest absolute Gasteiger partial charge is 0.390 e. The second-order valence-electron chi connectivity index (χ2n) is 6.95. The number of ether oxygens (including phenoxy) is 1. The zero-order valence-electron chi connectivity index (χ0n) is 16.1. The van der Waals surface area contributed by atoms with E-state index in [0.29, 0.717) is 36.5 Å². The van der Waals surface area contributed by atoms with Crippen LogP contribution in [0.4, 0.5) is 9.52 Å². The van der Waals surface area contributed by atoms with Gasteiger partial charge in [0.15, 0.2) is 22.1 Å². The number of oxime groups is 1. The van der Waals surface area contributed by atoms with Gasteiger partial charge < -0.3 is 14.7 Å². The van der Waals surface area contributed by atoms with Crippen LogP contribution in [0.2, 0.25) is 0 Å². The van der Waals surface area contributed by atoms with E-state index in [0.717, 1.165) is 10.5 Å². The van der Waals surface area contributed by atoms with E-state index in [1.54, 1.807) is 0 Å². The van der Waals surface area contributed by atoms with Crippen molar-refractivity contribution in [3.8, 4) is 0 Å². The predicted octanol–water partition coefficient (Wildman–Crippen LogP) is 0.796. The number of rotatable bonds is 7. The number of anilines is 1. The number of halogens is 1. The Morgan fingerprint density at radius 2 is 2.10 bits per heavy atom. The third kappa shape index (κ3) is 4.91. The summed E-state index contributed by atoms with van der Waals surface area (Å²) in [5.41, 5.74) is 0.182.